The fraction of sp³-hybridized carbons (Fsp3) is 0.600. The van der Waals surface area contributed by atoms with E-state index in [9.17, 15) is 0 Å². The lowest BCUT2D eigenvalue weighted by atomic mass is 10.0. The number of nitrogens with one attached hydrogen (secondary N) is 1. The number of rotatable bonds is 2. The monoisotopic (exact) mass is 251 g/mol. The Morgan fingerprint density at radius 2 is 2.00 bits per heavy atom. The summed E-state index contributed by atoms with van der Waals surface area (Å²) >= 11 is 6.15. The van der Waals surface area contributed by atoms with E-state index in [0.29, 0.717) is 6.04 Å². The van der Waals surface area contributed by atoms with E-state index in [2.05, 4.69) is 25.2 Å². The summed E-state index contributed by atoms with van der Waals surface area (Å²) < 4.78 is 0. The van der Waals surface area contributed by atoms with E-state index in [1.807, 2.05) is 12.1 Å². The van der Waals surface area contributed by atoms with E-state index < -0.39 is 0 Å². The SMILES string of the molecule is Cc1c(Cl)cccc1NC1CCCC(C)CC1. The lowest BCUT2D eigenvalue weighted by Gasteiger charge is -2.19. The van der Waals surface area contributed by atoms with Crippen LogP contribution in [0.2, 0.25) is 5.02 Å². The van der Waals surface area contributed by atoms with Gasteiger partial charge in [-0.25, -0.2) is 0 Å². The van der Waals surface area contributed by atoms with Crippen LogP contribution in [0.5, 0.6) is 0 Å². The second-order valence-corrected chi connectivity index (χ2v) is 5.77. The summed E-state index contributed by atoms with van der Waals surface area (Å²) in [6.45, 7) is 4.46. The van der Waals surface area contributed by atoms with E-state index in [0.717, 1.165) is 10.9 Å². The molecule has 1 aliphatic rings. The van der Waals surface area contributed by atoms with Gasteiger partial charge in [0.05, 0.1) is 0 Å². The predicted molar refractivity (Wildman–Crippen MR) is 75.8 cm³/mol. The average molecular weight is 252 g/mol. The van der Waals surface area contributed by atoms with Gasteiger partial charge in [0.25, 0.3) is 0 Å². The third kappa shape index (κ3) is 3.38. The Labute approximate surface area is 110 Å². The normalized spacial score (nSPS) is 25.4. The van der Waals surface area contributed by atoms with Crippen LogP contribution in [-0.4, -0.2) is 6.04 Å². The summed E-state index contributed by atoms with van der Waals surface area (Å²) in [6, 6.07) is 6.74. The van der Waals surface area contributed by atoms with Crippen LogP contribution in [-0.2, 0) is 0 Å². The quantitative estimate of drug-likeness (QED) is 0.727. The lowest BCUT2D eigenvalue weighted by Crippen LogP contribution is -2.19. The predicted octanol–water partition coefficient (Wildman–Crippen LogP) is 5.03. The number of anilines is 1. The molecule has 2 atom stereocenters. The van der Waals surface area contributed by atoms with Crippen molar-refractivity contribution in [3.05, 3.63) is 28.8 Å². The first-order chi connectivity index (χ1) is 8.16. The Morgan fingerprint density at radius 1 is 1.18 bits per heavy atom. The van der Waals surface area contributed by atoms with E-state index in [-0.39, 0.29) is 0 Å². The molecule has 1 N–H and O–H groups in total. The summed E-state index contributed by atoms with van der Waals surface area (Å²) in [5.41, 5.74) is 2.38. The van der Waals surface area contributed by atoms with Crippen molar-refractivity contribution in [1.29, 1.82) is 0 Å². The molecular weight excluding hydrogens is 230 g/mol. The molecule has 2 rings (SSSR count). The highest BCUT2D eigenvalue weighted by atomic mass is 35.5. The summed E-state index contributed by atoms with van der Waals surface area (Å²) in [6.07, 6.45) is 6.64. The van der Waals surface area contributed by atoms with Gasteiger partial charge in [0.15, 0.2) is 0 Å². The molecule has 0 aromatic heterocycles. The molecule has 0 radical (unpaired) electrons. The fourth-order valence-electron chi connectivity index (χ4n) is 2.62. The highest BCUT2D eigenvalue weighted by Crippen LogP contribution is 2.28. The van der Waals surface area contributed by atoms with Crippen molar-refractivity contribution in [2.75, 3.05) is 5.32 Å². The zero-order valence-corrected chi connectivity index (χ0v) is 11.6. The summed E-state index contributed by atoms with van der Waals surface area (Å²) in [5, 5.41) is 4.52. The van der Waals surface area contributed by atoms with Crippen molar-refractivity contribution >= 4 is 17.3 Å². The standard InChI is InChI=1S/C15H22ClN/c1-11-5-3-6-13(10-9-11)17-15-8-4-7-14(16)12(15)2/h4,7-8,11,13,17H,3,5-6,9-10H2,1-2H3. The molecule has 0 amide bonds. The second kappa shape index (κ2) is 5.77. The third-order valence-corrected chi connectivity index (χ3v) is 4.29. The van der Waals surface area contributed by atoms with Crippen LogP contribution in [0.15, 0.2) is 18.2 Å². The van der Waals surface area contributed by atoms with Crippen molar-refractivity contribution in [2.45, 2.75) is 52.0 Å². The van der Waals surface area contributed by atoms with Crippen molar-refractivity contribution in [1.82, 2.24) is 0 Å². The van der Waals surface area contributed by atoms with E-state index in [4.69, 9.17) is 11.6 Å². The van der Waals surface area contributed by atoms with Gasteiger partial charge in [-0.2, -0.15) is 0 Å². The fourth-order valence-corrected chi connectivity index (χ4v) is 2.79. The maximum absolute atomic E-state index is 6.15. The molecule has 94 valence electrons. The van der Waals surface area contributed by atoms with Crippen LogP contribution in [0.3, 0.4) is 0 Å². The van der Waals surface area contributed by atoms with Crippen molar-refractivity contribution in [2.24, 2.45) is 5.92 Å². The van der Waals surface area contributed by atoms with Gasteiger partial charge in [0.2, 0.25) is 0 Å². The number of halogens is 1. The van der Waals surface area contributed by atoms with Crippen LogP contribution in [0.4, 0.5) is 5.69 Å². The number of hydrogen-bond donors (Lipinski definition) is 1. The summed E-state index contributed by atoms with van der Waals surface area (Å²) in [7, 11) is 0. The first-order valence-corrected chi connectivity index (χ1v) is 7.06. The molecule has 1 aliphatic carbocycles. The minimum Gasteiger partial charge on any atom is -0.382 e. The second-order valence-electron chi connectivity index (χ2n) is 5.37. The van der Waals surface area contributed by atoms with Crippen molar-refractivity contribution in [3.63, 3.8) is 0 Å². The summed E-state index contributed by atoms with van der Waals surface area (Å²) in [4.78, 5) is 0. The van der Waals surface area contributed by atoms with Crippen molar-refractivity contribution in [3.8, 4) is 0 Å². The molecule has 1 aromatic carbocycles. The minimum atomic E-state index is 0.622. The first kappa shape index (κ1) is 12.8. The highest BCUT2D eigenvalue weighted by Gasteiger charge is 2.16. The Morgan fingerprint density at radius 3 is 2.82 bits per heavy atom. The maximum atomic E-state index is 6.15. The largest absolute Gasteiger partial charge is 0.382 e. The van der Waals surface area contributed by atoms with Gasteiger partial charge in [-0.15, -0.1) is 0 Å². The minimum absolute atomic E-state index is 0.622. The van der Waals surface area contributed by atoms with Crippen molar-refractivity contribution < 1.29 is 0 Å². The molecule has 0 saturated heterocycles. The van der Waals surface area contributed by atoms with Gasteiger partial charge < -0.3 is 5.32 Å². The van der Waals surface area contributed by atoms with Gasteiger partial charge in [0.1, 0.15) is 0 Å². The molecule has 0 aliphatic heterocycles. The van der Waals surface area contributed by atoms with Gasteiger partial charge in [0, 0.05) is 16.8 Å². The molecule has 1 fully saturated rings. The van der Waals surface area contributed by atoms with Crippen LogP contribution < -0.4 is 5.32 Å². The molecule has 0 bridgehead atoms. The highest BCUT2D eigenvalue weighted by molar-refractivity contribution is 6.31. The Balaban J connectivity index is 2.02. The summed E-state index contributed by atoms with van der Waals surface area (Å²) in [5.74, 6) is 0.891. The number of hydrogen-bond acceptors (Lipinski definition) is 1. The third-order valence-electron chi connectivity index (χ3n) is 3.88. The Kier molecular flexibility index (Phi) is 4.33. The van der Waals surface area contributed by atoms with Crippen LogP contribution >= 0.6 is 11.6 Å². The first-order valence-electron chi connectivity index (χ1n) is 6.68. The van der Waals surface area contributed by atoms with Gasteiger partial charge in [-0.05, 0) is 49.8 Å². The topological polar surface area (TPSA) is 12.0 Å². The van der Waals surface area contributed by atoms with E-state index in [1.165, 1.54) is 43.4 Å². The molecule has 0 heterocycles. The van der Waals surface area contributed by atoms with Crippen LogP contribution in [0, 0.1) is 12.8 Å². The Bertz CT molecular complexity index is 375. The van der Waals surface area contributed by atoms with Gasteiger partial charge in [-0.1, -0.05) is 37.4 Å². The van der Waals surface area contributed by atoms with Gasteiger partial charge in [-0.3, -0.25) is 0 Å². The molecule has 1 saturated carbocycles. The van der Waals surface area contributed by atoms with E-state index in [1.54, 1.807) is 0 Å². The maximum Gasteiger partial charge on any atom is 0.0455 e. The van der Waals surface area contributed by atoms with E-state index >= 15 is 0 Å². The average Bonchev–Trinajstić information content (AvgIpc) is 2.50. The molecule has 1 nitrogen and oxygen atoms in total. The molecule has 2 unspecified atom stereocenters. The van der Waals surface area contributed by atoms with Crippen LogP contribution in [0.25, 0.3) is 0 Å². The van der Waals surface area contributed by atoms with Gasteiger partial charge >= 0.3 is 0 Å². The smallest absolute Gasteiger partial charge is 0.0455 e. The molecular formula is C15H22ClN. The zero-order valence-electron chi connectivity index (χ0n) is 10.8. The zero-order chi connectivity index (χ0) is 12.3. The molecule has 0 spiro atoms. The molecule has 17 heavy (non-hydrogen) atoms. The lowest BCUT2D eigenvalue weighted by molar-refractivity contribution is 0.502. The Hall–Kier alpha value is -0.690. The molecule has 2 heteroatoms. The molecule has 1 aromatic rings. The number of benzene rings is 1. The van der Waals surface area contributed by atoms with Crippen LogP contribution in [0.1, 0.15) is 44.6 Å².